The van der Waals surface area contributed by atoms with E-state index in [0.717, 1.165) is 15.0 Å². The first-order valence-electron chi connectivity index (χ1n) is 4.97. The molecule has 1 unspecified atom stereocenters. The Kier molecular flexibility index (Phi) is 3.98. The van der Waals surface area contributed by atoms with Gasteiger partial charge in [-0.3, -0.25) is 0 Å². The summed E-state index contributed by atoms with van der Waals surface area (Å²) in [5.41, 5.74) is 0.117. The minimum absolute atomic E-state index is 0.249. The van der Waals surface area contributed by atoms with Crippen LogP contribution in [0.25, 0.3) is 0 Å². The molecule has 1 nitrogen and oxygen atoms in total. The van der Waals surface area contributed by atoms with Crippen molar-refractivity contribution in [3.8, 4) is 0 Å². The van der Waals surface area contributed by atoms with Crippen molar-refractivity contribution in [1.29, 1.82) is 0 Å². The van der Waals surface area contributed by atoms with Crippen molar-refractivity contribution in [3.05, 3.63) is 55.3 Å². The van der Waals surface area contributed by atoms with Gasteiger partial charge in [-0.2, -0.15) is 13.2 Å². The first-order valence-corrected chi connectivity index (χ1v) is 6.93. The summed E-state index contributed by atoms with van der Waals surface area (Å²) in [6.07, 6.45) is -5.41. The normalized spacial score (nSPS) is 13.6. The van der Waals surface area contributed by atoms with Crippen molar-refractivity contribution >= 4 is 33.9 Å². The highest BCUT2D eigenvalue weighted by Crippen LogP contribution is 2.33. The molecule has 1 atom stereocenters. The lowest BCUT2D eigenvalue weighted by Crippen LogP contribution is -2.07. The third-order valence-electron chi connectivity index (χ3n) is 2.43. The van der Waals surface area contributed by atoms with Crippen molar-refractivity contribution in [2.75, 3.05) is 0 Å². The van der Waals surface area contributed by atoms with Gasteiger partial charge in [0.05, 0.1) is 8.45 Å². The Morgan fingerprint density at radius 1 is 1.17 bits per heavy atom. The van der Waals surface area contributed by atoms with Crippen LogP contribution >= 0.6 is 33.9 Å². The second kappa shape index (κ2) is 5.18. The lowest BCUT2D eigenvalue weighted by molar-refractivity contribution is -0.137. The fourth-order valence-electron chi connectivity index (χ4n) is 1.54. The maximum Gasteiger partial charge on any atom is 0.416 e. The van der Waals surface area contributed by atoms with Gasteiger partial charge in [0.1, 0.15) is 6.10 Å². The molecule has 96 valence electrons. The van der Waals surface area contributed by atoms with Gasteiger partial charge < -0.3 is 5.11 Å². The number of thiophene rings is 1. The summed E-state index contributed by atoms with van der Waals surface area (Å²) >= 11 is 3.54. The molecule has 2 rings (SSSR count). The molecular weight excluding hydrogens is 376 g/mol. The second-order valence-electron chi connectivity index (χ2n) is 3.71. The van der Waals surface area contributed by atoms with E-state index in [9.17, 15) is 18.3 Å². The van der Waals surface area contributed by atoms with Crippen LogP contribution in [0.2, 0.25) is 0 Å². The predicted octanol–water partition coefficient (Wildman–Crippen LogP) is 4.45. The Labute approximate surface area is 119 Å². The van der Waals surface area contributed by atoms with Gasteiger partial charge in [-0.1, -0.05) is 12.1 Å². The molecule has 0 spiro atoms. The highest BCUT2D eigenvalue weighted by Gasteiger charge is 2.31. The van der Waals surface area contributed by atoms with Gasteiger partial charge in [0.2, 0.25) is 0 Å². The number of benzene rings is 1. The molecule has 0 radical (unpaired) electrons. The van der Waals surface area contributed by atoms with Gasteiger partial charge in [0.25, 0.3) is 0 Å². The molecule has 18 heavy (non-hydrogen) atoms. The zero-order valence-electron chi connectivity index (χ0n) is 8.91. The summed E-state index contributed by atoms with van der Waals surface area (Å²) in [4.78, 5) is 0. The highest BCUT2D eigenvalue weighted by molar-refractivity contribution is 14.1. The molecule has 1 N–H and O–H groups in total. The molecular formula is C12H8F3IOS. The van der Waals surface area contributed by atoms with Crippen LogP contribution < -0.4 is 0 Å². The number of hydrogen-bond donors (Lipinski definition) is 1. The van der Waals surface area contributed by atoms with Gasteiger partial charge in [0.15, 0.2) is 0 Å². The van der Waals surface area contributed by atoms with E-state index in [1.54, 1.807) is 11.4 Å². The summed E-state index contributed by atoms with van der Waals surface area (Å²) < 4.78 is 38.7. The molecule has 6 heteroatoms. The predicted molar refractivity (Wildman–Crippen MR) is 72.5 cm³/mol. The van der Waals surface area contributed by atoms with E-state index in [1.807, 2.05) is 0 Å². The molecule has 1 heterocycles. The quantitative estimate of drug-likeness (QED) is 0.759. The molecule has 1 aromatic carbocycles. The van der Waals surface area contributed by atoms with Crippen LogP contribution in [0.1, 0.15) is 22.8 Å². The van der Waals surface area contributed by atoms with Crippen LogP contribution in [0.5, 0.6) is 0 Å². The van der Waals surface area contributed by atoms with Crippen LogP contribution in [0.4, 0.5) is 13.2 Å². The van der Waals surface area contributed by atoms with E-state index in [-0.39, 0.29) is 5.56 Å². The van der Waals surface area contributed by atoms with E-state index in [1.165, 1.54) is 23.5 Å². The molecule has 0 saturated heterocycles. The molecule has 0 bridgehead atoms. The molecule has 0 amide bonds. The van der Waals surface area contributed by atoms with Crippen molar-refractivity contribution < 1.29 is 18.3 Å². The Hall–Kier alpha value is -0.600. The molecule has 0 aliphatic heterocycles. The van der Waals surface area contributed by atoms with E-state index in [0.29, 0.717) is 5.56 Å². The van der Waals surface area contributed by atoms with Gasteiger partial charge in [0, 0.05) is 0 Å². The number of aliphatic hydroxyl groups is 1. The van der Waals surface area contributed by atoms with Gasteiger partial charge in [-0.25, -0.2) is 0 Å². The van der Waals surface area contributed by atoms with Crippen LogP contribution in [-0.4, -0.2) is 5.11 Å². The third-order valence-corrected chi connectivity index (χ3v) is 4.24. The summed E-state index contributed by atoms with van der Waals surface area (Å²) in [7, 11) is 0. The zero-order valence-corrected chi connectivity index (χ0v) is 11.9. The molecule has 0 saturated carbocycles. The van der Waals surface area contributed by atoms with Crippen LogP contribution in [0.3, 0.4) is 0 Å². The molecule has 0 fully saturated rings. The van der Waals surface area contributed by atoms with Crippen LogP contribution in [-0.2, 0) is 6.18 Å². The van der Waals surface area contributed by atoms with E-state index < -0.39 is 17.8 Å². The van der Waals surface area contributed by atoms with E-state index in [2.05, 4.69) is 22.6 Å². The topological polar surface area (TPSA) is 20.2 Å². The van der Waals surface area contributed by atoms with Crippen molar-refractivity contribution in [2.45, 2.75) is 12.3 Å². The fourth-order valence-corrected chi connectivity index (χ4v) is 2.94. The largest absolute Gasteiger partial charge is 0.416 e. The van der Waals surface area contributed by atoms with Crippen LogP contribution in [0.15, 0.2) is 35.7 Å². The Bertz CT molecular complexity index is 550. The number of halogens is 4. The maximum absolute atomic E-state index is 12.6. The molecule has 0 aliphatic carbocycles. The number of rotatable bonds is 2. The molecule has 1 aromatic heterocycles. The lowest BCUT2D eigenvalue weighted by atomic mass is 10.0. The average molecular weight is 384 g/mol. The molecule has 0 aliphatic rings. The zero-order chi connectivity index (χ0) is 13.3. The van der Waals surface area contributed by atoms with Gasteiger partial charge in [-0.05, 0) is 57.3 Å². The summed E-state index contributed by atoms with van der Waals surface area (Å²) in [6, 6.07) is 6.53. The summed E-state index contributed by atoms with van der Waals surface area (Å²) in [5, 5.41) is 11.8. The number of alkyl halides is 3. The smallest absolute Gasteiger partial charge is 0.384 e. The maximum atomic E-state index is 12.6. The number of aliphatic hydroxyl groups excluding tert-OH is 1. The SMILES string of the molecule is OC(c1cccc(C(F)(F)F)c1)c1csc(I)c1. The minimum Gasteiger partial charge on any atom is -0.384 e. The monoisotopic (exact) mass is 384 g/mol. The Balaban J connectivity index is 2.34. The van der Waals surface area contributed by atoms with Crippen molar-refractivity contribution in [3.63, 3.8) is 0 Å². The second-order valence-corrected chi connectivity index (χ2v) is 6.52. The van der Waals surface area contributed by atoms with Crippen molar-refractivity contribution in [1.82, 2.24) is 0 Å². The highest BCUT2D eigenvalue weighted by atomic mass is 127. The average Bonchev–Trinajstić information content (AvgIpc) is 2.74. The summed E-state index contributed by atoms with van der Waals surface area (Å²) in [5.74, 6) is 0. The van der Waals surface area contributed by atoms with Gasteiger partial charge in [-0.15, -0.1) is 11.3 Å². The van der Waals surface area contributed by atoms with E-state index >= 15 is 0 Å². The van der Waals surface area contributed by atoms with Crippen molar-refractivity contribution in [2.24, 2.45) is 0 Å². The standard InChI is InChI=1S/C12H8F3IOS/c13-12(14,15)9-3-1-2-7(4-9)11(17)8-5-10(16)18-6-8/h1-6,11,17H. The van der Waals surface area contributed by atoms with E-state index in [4.69, 9.17) is 0 Å². The number of hydrogen-bond acceptors (Lipinski definition) is 2. The third kappa shape index (κ3) is 3.04. The fraction of sp³-hybridized carbons (Fsp3) is 0.167. The van der Waals surface area contributed by atoms with Crippen LogP contribution in [0, 0.1) is 2.88 Å². The summed E-state index contributed by atoms with van der Waals surface area (Å²) in [6.45, 7) is 0. The first kappa shape index (κ1) is 13.8. The lowest BCUT2D eigenvalue weighted by Gasteiger charge is -2.12. The Morgan fingerprint density at radius 3 is 2.44 bits per heavy atom. The minimum atomic E-state index is -4.39. The van der Waals surface area contributed by atoms with Gasteiger partial charge >= 0.3 is 6.18 Å². The Morgan fingerprint density at radius 2 is 1.89 bits per heavy atom. The molecule has 2 aromatic rings. The first-order chi connectivity index (χ1) is 8.38.